The minimum Gasteiger partial charge on any atom is -0.457 e. The predicted octanol–water partition coefficient (Wildman–Crippen LogP) is 22.0. The fourth-order valence-corrected chi connectivity index (χ4v) is 9.99. The molecule has 0 unspecified atom stereocenters. The first-order valence-electron chi connectivity index (χ1n) is 31.1. The second-order valence-electron chi connectivity index (χ2n) is 21.4. The van der Waals surface area contributed by atoms with Gasteiger partial charge in [-0.25, -0.2) is 9.59 Å². The highest BCUT2D eigenvalue weighted by molar-refractivity contribution is 6.29. The van der Waals surface area contributed by atoms with Crippen molar-refractivity contribution in [2.24, 2.45) is 0 Å². The van der Waals surface area contributed by atoms with Crippen LogP contribution in [0.5, 0.6) is 0 Å². The van der Waals surface area contributed by atoms with Gasteiger partial charge in [-0.2, -0.15) is 0 Å². The smallest absolute Gasteiger partial charge is 0.417 e. The Bertz CT molecular complexity index is 830. The molecule has 0 aliphatic carbocycles. The lowest BCUT2D eigenvalue weighted by Gasteiger charge is -2.06. The molecule has 4 nitrogen and oxygen atoms in total. The summed E-state index contributed by atoms with van der Waals surface area (Å²) in [5, 5.41) is 0. The summed E-state index contributed by atoms with van der Waals surface area (Å²) in [6, 6.07) is 0. The lowest BCUT2D eigenvalue weighted by atomic mass is 10.0. The molecule has 0 aromatic rings. The Balaban J connectivity index is 3.22. The van der Waals surface area contributed by atoms with Crippen LogP contribution in [-0.2, 0) is 19.1 Å². The third-order valence-corrected chi connectivity index (χ3v) is 14.6. The van der Waals surface area contributed by atoms with Crippen LogP contribution in [0.1, 0.15) is 373 Å². The van der Waals surface area contributed by atoms with Gasteiger partial charge in [0.2, 0.25) is 0 Å². The van der Waals surface area contributed by atoms with Gasteiger partial charge in [-0.15, -0.1) is 0 Å². The van der Waals surface area contributed by atoms with Crippen molar-refractivity contribution in [1.82, 2.24) is 0 Å². The van der Waals surface area contributed by atoms with Gasteiger partial charge < -0.3 is 9.47 Å². The van der Waals surface area contributed by atoms with Gasteiger partial charge >= 0.3 is 11.9 Å². The maximum absolute atomic E-state index is 12.0. The quantitative estimate of drug-likeness (QED) is 0.0346. The summed E-state index contributed by atoms with van der Waals surface area (Å²) in [6.45, 7) is 5.26. The molecule has 0 radical (unpaired) electrons. The maximum Gasteiger partial charge on any atom is 0.417 e. The van der Waals surface area contributed by atoms with E-state index in [1.807, 2.05) is 0 Å². The molecule has 0 heterocycles. The van der Waals surface area contributed by atoms with Crippen LogP contribution in [0.25, 0.3) is 0 Å². The highest BCUT2D eigenvalue weighted by Gasteiger charge is 2.16. The van der Waals surface area contributed by atoms with E-state index in [2.05, 4.69) is 13.8 Å². The number of ether oxygens (including phenoxy) is 2. The summed E-state index contributed by atoms with van der Waals surface area (Å²) in [5.74, 6) is -1.64. The molecule has 0 N–H and O–H groups in total. The summed E-state index contributed by atoms with van der Waals surface area (Å²) in [5.41, 5.74) is 0. The van der Waals surface area contributed by atoms with Gasteiger partial charge in [0.15, 0.2) is 0 Å². The Morgan fingerprint density at radius 1 is 0.182 bits per heavy atom. The minimum absolute atomic E-state index is 0.326. The molecule has 0 atom stereocenters. The molecule has 0 spiro atoms. The Labute approximate surface area is 416 Å². The van der Waals surface area contributed by atoms with Crippen molar-refractivity contribution in [2.45, 2.75) is 373 Å². The fraction of sp³-hybridized carbons (Fsp3) is 0.968. The van der Waals surface area contributed by atoms with E-state index in [1.165, 1.54) is 334 Å². The molecule has 0 aliphatic rings. The molecule has 0 rings (SSSR count). The minimum atomic E-state index is -0.819. The van der Waals surface area contributed by atoms with Crippen LogP contribution >= 0.6 is 0 Å². The van der Waals surface area contributed by atoms with Crippen LogP contribution in [0.15, 0.2) is 0 Å². The van der Waals surface area contributed by atoms with Crippen molar-refractivity contribution in [3.63, 3.8) is 0 Å². The monoisotopic (exact) mass is 931 g/mol. The van der Waals surface area contributed by atoms with E-state index >= 15 is 0 Å². The van der Waals surface area contributed by atoms with E-state index in [4.69, 9.17) is 9.47 Å². The number of hydrogen-bond acceptors (Lipinski definition) is 4. The average Bonchev–Trinajstić information content (AvgIpc) is 3.32. The van der Waals surface area contributed by atoms with Crippen LogP contribution in [-0.4, -0.2) is 25.2 Å². The van der Waals surface area contributed by atoms with Crippen molar-refractivity contribution in [2.75, 3.05) is 13.2 Å². The molecular weight excluding hydrogens is 809 g/mol. The molecule has 4 heteroatoms. The molecule has 0 saturated carbocycles. The molecule has 0 fully saturated rings. The van der Waals surface area contributed by atoms with Crippen LogP contribution < -0.4 is 0 Å². The van der Waals surface area contributed by atoms with Gasteiger partial charge in [-0.1, -0.05) is 361 Å². The van der Waals surface area contributed by atoms with Crippen molar-refractivity contribution < 1.29 is 19.1 Å². The number of esters is 2. The molecule has 0 bridgehead atoms. The van der Waals surface area contributed by atoms with Crippen molar-refractivity contribution >= 4 is 11.9 Å². The fourth-order valence-electron chi connectivity index (χ4n) is 9.99. The zero-order valence-corrected chi connectivity index (χ0v) is 45.6. The Hall–Kier alpha value is -1.06. The summed E-state index contributed by atoms with van der Waals surface area (Å²) in [6.07, 6.45) is 77.4. The topological polar surface area (TPSA) is 52.6 Å². The lowest BCUT2D eigenvalue weighted by Crippen LogP contribution is -2.21. The summed E-state index contributed by atoms with van der Waals surface area (Å²) < 4.78 is 10.3. The van der Waals surface area contributed by atoms with E-state index in [0.717, 1.165) is 25.7 Å². The standard InChI is InChI=1S/C62H122O4/c1-3-5-7-9-11-13-15-17-19-21-23-25-27-29-31-33-35-37-39-41-43-45-47-49-51-53-55-57-59-65-61(63)62(64)66-60-58-56-54-52-50-48-46-44-42-40-38-36-34-32-30-28-26-24-22-20-18-16-14-12-10-8-6-4-2/h3-60H2,1-2H3. The Morgan fingerprint density at radius 2 is 0.288 bits per heavy atom. The van der Waals surface area contributed by atoms with Gasteiger partial charge in [0.25, 0.3) is 0 Å². The van der Waals surface area contributed by atoms with Crippen molar-refractivity contribution in [1.29, 1.82) is 0 Å². The number of unbranched alkanes of at least 4 members (excludes halogenated alkanes) is 54. The van der Waals surface area contributed by atoms with Gasteiger partial charge in [-0.05, 0) is 12.8 Å². The number of hydrogen-bond donors (Lipinski definition) is 0. The molecular formula is C62H122O4. The van der Waals surface area contributed by atoms with Gasteiger partial charge in [0.05, 0.1) is 13.2 Å². The molecule has 0 aliphatic heterocycles. The van der Waals surface area contributed by atoms with Crippen LogP contribution in [0.4, 0.5) is 0 Å². The molecule has 0 aromatic heterocycles. The Morgan fingerprint density at radius 3 is 0.409 bits per heavy atom. The number of rotatable bonds is 58. The first-order chi connectivity index (χ1) is 32.7. The third kappa shape index (κ3) is 57.3. The van der Waals surface area contributed by atoms with E-state index in [0.29, 0.717) is 13.2 Å². The van der Waals surface area contributed by atoms with E-state index < -0.39 is 11.9 Å². The largest absolute Gasteiger partial charge is 0.457 e. The number of carbonyl (C=O) groups excluding carboxylic acids is 2. The maximum atomic E-state index is 12.0. The first kappa shape index (κ1) is 64.9. The Kier molecular flexibility index (Phi) is 59.1. The molecule has 0 amide bonds. The van der Waals surface area contributed by atoms with Crippen molar-refractivity contribution in [3.05, 3.63) is 0 Å². The normalized spacial score (nSPS) is 11.5. The average molecular weight is 932 g/mol. The van der Waals surface area contributed by atoms with Gasteiger partial charge in [0.1, 0.15) is 0 Å². The van der Waals surface area contributed by atoms with Crippen LogP contribution in [0.3, 0.4) is 0 Å². The molecule has 0 aromatic carbocycles. The van der Waals surface area contributed by atoms with Crippen LogP contribution in [0, 0.1) is 0 Å². The summed E-state index contributed by atoms with van der Waals surface area (Å²) >= 11 is 0. The van der Waals surface area contributed by atoms with Gasteiger partial charge in [-0.3, -0.25) is 0 Å². The first-order valence-corrected chi connectivity index (χ1v) is 31.1. The van der Waals surface area contributed by atoms with E-state index in [-0.39, 0.29) is 0 Å². The second-order valence-corrected chi connectivity index (χ2v) is 21.4. The van der Waals surface area contributed by atoms with Crippen molar-refractivity contribution in [3.8, 4) is 0 Å². The van der Waals surface area contributed by atoms with E-state index in [1.54, 1.807) is 0 Å². The molecule has 0 saturated heterocycles. The third-order valence-electron chi connectivity index (χ3n) is 14.6. The highest BCUT2D eigenvalue weighted by Crippen LogP contribution is 2.19. The van der Waals surface area contributed by atoms with Gasteiger partial charge in [0, 0.05) is 0 Å². The second kappa shape index (κ2) is 60.1. The molecule has 66 heavy (non-hydrogen) atoms. The SMILES string of the molecule is CCCCCCCCCCCCCCCCCCCCCCCCCCCCCCOC(=O)C(=O)OCCCCCCCCCCCCCCCCCCCCCCCCCCCCCC. The predicted molar refractivity (Wildman–Crippen MR) is 292 cm³/mol. The lowest BCUT2D eigenvalue weighted by molar-refractivity contribution is -0.167. The van der Waals surface area contributed by atoms with E-state index in [9.17, 15) is 9.59 Å². The zero-order chi connectivity index (χ0) is 47.6. The number of carbonyl (C=O) groups is 2. The molecule has 394 valence electrons. The zero-order valence-electron chi connectivity index (χ0n) is 45.6. The highest BCUT2D eigenvalue weighted by atomic mass is 16.6. The summed E-state index contributed by atoms with van der Waals surface area (Å²) in [7, 11) is 0. The van der Waals surface area contributed by atoms with Crippen LogP contribution in [0.2, 0.25) is 0 Å². The summed E-state index contributed by atoms with van der Waals surface area (Å²) in [4.78, 5) is 24.0.